The van der Waals surface area contributed by atoms with Crippen molar-refractivity contribution >= 4 is 69.8 Å². The van der Waals surface area contributed by atoms with E-state index in [-0.39, 0.29) is 20.7 Å². The van der Waals surface area contributed by atoms with Crippen LogP contribution in [0.1, 0.15) is 48.1 Å². The van der Waals surface area contributed by atoms with E-state index in [1.807, 2.05) is 0 Å². The molecule has 0 radical (unpaired) electrons. The van der Waals surface area contributed by atoms with Crippen molar-refractivity contribution < 1.29 is 18.7 Å². The van der Waals surface area contributed by atoms with Crippen LogP contribution in [0.3, 0.4) is 0 Å². The van der Waals surface area contributed by atoms with Gasteiger partial charge in [0.25, 0.3) is 5.91 Å². The molecule has 1 fully saturated rings. The van der Waals surface area contributed by atoms with Gasteiger partial charge in [-0.1, -0.05) is 46.4 Å². The predicted octanol–water partition coefficient (Wildman–Crippen LogP) is 6.50. The molecule has 36 heavy (non-hydrogen) atoms. The second-order valence-corrected chi connectivity index (χ2v) is 10.5. The minimum Gasteiger partial charge on any atom is -0.492 e. The minimum atomic E-state index is -1.12. The van der Waals surface area contributed by atoms with Crippen molar-refractivity contribution in [2.75, 3.05) is 6.61 Å². The Balaban J connectivity index is 1.50. The number of hydrogen-bond donors (Lipinski definition) is 2. The number of ether oxygens (including phenoxy) is 1. The molecular formula is C23H19Cl4FN4O3S. The van der Waals surface area contributed by atoms with E-state index in [0.717, 1.165) is 11.5 Å². The van der Waals surface area contributed by atoms with E-state index in [1.165, 1.54) is 18.3 Å². The number of carbonyl (C=O) groups excluding carboxylic acids is 2. The van der Waals surface area contributed by atoms with Crippen molar-refractivity contribution in [1.29, 1.82) is 0 Å². The highest BCUT2D eigenvalue weighted by Crippen LogP contribution is 2.40. The maximum absolute atomic E-state index is 15.1. The van der Waals surface area contributed by atoms with Gasteiger partial charge in [-0.2, -0.15) is 4.37 Å². The summed E-state index contributed by atoms with van der Waals surface area (Å²) < 4.78 is 24.6. The van der Waals surface area contributed by atoms with E-state index in [0.29, 0.717) is 46.4 Å². The number of benzene rings is 1. The van der Waals surface area contributed by atoms with Crippen molar-refractivity contribution in [3.63, 3.8) is 0 Å². The van der Waals surface area contributed by atoms with Crippen LogP contribution in [-0.2, 0) is 4.79 Å². The number of aromatic nitrogens is 2. The monoisotopic (exact) mass is 590 g/mol. The summed E-state index contributed by atoms with van der Waals surface area (Å²) in [5.74, 6) is -1.28. The van der Waals surface area contributed by atoms with Crippen LogP contribution in [0.25, 0.3) is 11.1 Å². The van der Waals surface area contributed by atoms with Crippen LogP contribution in [0.2, 0.25) is 20.2 Å². The zero-order valence-electron chi connectivity index (χ0n) is 18.9. The molecule has 3 aromatic rings. The second-order valence-electron chi connectivity index (χ2n) is 8.14. The summed E-state index contributed by atoms with van der Waals surface area (Å²) in [5.41, 5.74) is -0.192. The average molecular weight is 592 g/mol. The first-order valence-corrected chi connectivity index (χ1v) is 13.1. The summed E-state index contributed by atoms with van der Waals surface area (Å²) in [5, 5.41) is 6.13. The summed E-state index contributed by atoms with van der Waals surface area (Å²) in [6.45, 7) is 3.76. The first-order valence-electron chi connectivity index (χ1n) is 10.8. The molecule has 2 aromatic heterocycles. The Hall–Kier alpha value is -2.17. The molecule has 1 atom stereocenters. The van der Waals surface area contributed by atoms with Crippen molar-refractivity contribution in [3.05, 3.63) is 61.0 Å². The molecule has 0 spiro atoms. The molecule has 2 heterocycles. The van der Waals surface area contributed by atoms with Gasteiger partial charge in [0, 0.05) is 22.3 Å². The number of carbonyl (C=O) groups is 2. The van der Waals surface area contributed by atoms with E-state index in [2.05, 4.69) is 20.0 Å². The summed E-state index contributed by atoms with van der Waals surface area (Å²) in [6, 6.07) is 3.65. The highest BCUT2D eigenvalue weighted by atomic mass is 35.5. The SMILES string of the molecule is CCOc1c(Cl)cc(Cl)cc1-c1cnc([C@@H](C)NC(=O)C2(NC(=O)c3snc(Cl)c3Cl)CC2)c(F)c1. The fraction of sp³-hybridized carbons (Fsp3) is 0.304. The number of nitrogens with one attached hydrogen (secondary N) is 2. The van der Waals surface area contributed by atoms with E-state index in [1.54, 1.807) is 19.9 Å². The molecule has 2 N–H and O–H groups in total. The van der Waals surface area contributed by atoms with Crippen LogP contribution in [-0.4, -0.2) is 33.3 Å². The fourth-order valence-electron chi connectivity index (χ4n) is 3.59. The fourth-order valence-corrected chi connectivity index (χ4v) is 5.25. The van der Waals surface area contributed by atoms with Gasteiger partial charge in [-0.3, -0.25) is 14.6 Å². The third-order valence-corrected chi connectivity index (χ3v) is 7.87. The Morgan fingerprint density at radius 3 is 2.53 bits per heavy atom. The van der Waals surface area contributed by atoms with Gasteiger partial charge in [0.05, 0.1) is 23.4 Å². The average Bonchev–Trinajstić information content (AvgIpc) is 3.53. The molecule has 0 aliphatic heterocycles. The lowest BCUT2D eigenvalue weighted by molar-refractivity contribution is -0.124. The van der Waals surface area contributed by atoms with Crippen molar-refractivity contribution in [1.82, 2.24) is 20.0 Å². The van der Waals surface area contributed by atoms with Crippen LogP contribution >= 0.6 is 57.9 Å². The van der Waals surface area contributed by atoms with E-state index < -0.39 is 29.2 Å². The Morgan fingerprint density at radius 2 is 1.94 bits per heavy atom. The smallest absolute Gasteiger partial charge is 0.265 e. The molecule has 1 aromatic carbocycles. The third-order valence-electron chi connectivity index (χ3n) is 5.58. The Bertz CT molecular complexity index is 1350. The Morgan fingerprint density at radius 1 is 1.22 bits per heavy atom. The molecule has 13 heteroatoms. The van der Waals surface area contributed by atoms with Crippen molar-refractivity contribution in [2.45, 2.75) is 38.3 Å². The summed E-state index contributed by atoms with van der Waals surface area (Å²) in [4.78, 5) is 29.9. The summed E-state index contributed by atoms with van der Waals surface area (Å²) in [6.07, 6.45) is 2.30. The number of pyridine rings is 1. The maximum Gasteiger partial charge on any atom is 0.265 e. The number of halogens is 5. The highest BCUT2D eigenvalue weighted by molar-refractivity contribution is 7.09. The number of nitrogens with zero attached hydrogens (tertiary/aromatic N) is 2. The molecule has 1 saturated carbocycles. The van der Waals surface area contributed by atoms with Crippen molar-refractivity contribution in [2.24, 2.45) is 0 Å². The highest BCUT2D eigenvalue weighted by Gasteiger charge is 2.52. The standard InChI is InChI=1S/C23H19Cl4FN4O3S/c1-3-35-18-13(7-12(24)8-14(18)25)11-6-15(28)17(29-9-11)10(2)30-22(34)23(4-5-23)31-21(33)19-16(26)20(27)32-36-19/h6-10H,3-5H2,1-2H3,(H,30,34)(H,31,33)/t10-/m1/s1. The van der Waals surface area contributed by atoms with E-state index in [9.17, 15) is 9.59 Å². The van der Waals surface area contributed by atoms with E-state index >= 15 is 4.39 Å². The van der Waals surface area contributed by atoms with Gasteiger partial charge in [0.2, 0.25) is 5.91 Å². The van der Waals surface area contributed by atoms with Crippen LogP contribution in [0, 0.1) is 5.82 Å². The van der Waals surface area contributed by atoms with E-state index in [4.69, 9.17) is 51.1 Å². The van der Waals surface area contributed by atoms with Gasteiger partial charge in [0.1, 0.15) is 27.0 Å². The normalized spacial score (nSPS) is 14.8. The lowest BCUT2D eigenvalue weighted by atomic mass is 10.0. The molecule has 0 bridgehead atoms. The molecule has 4 rings (SSSR count). The van der Waals surface area contributed by atoms with Crippen LogP contribution in [0.15, 0.2) is 24.4 Å². The topological polar surface area (TPSA) is 93.2 Å². The number of amides is 2. The van der Waals surface area contributed by atoms with Crippen LogP contribution in [0.4, 0.5) is 4.39 Å². The Kier molecular flexibility index (Phi) is 7.97. The molecular weight excluding hydrogens is 573 g/mol. The lowest BCUT2D eigenvalue weighted by Gasteiger charge is -2.21. The minimum absolute atomic E-state index is 0.0214. The molecule has 0 unspecified atom stereocenters. The molecule has 7 nitrogen and oxygen atoms in total. The quantitative estimate of drug-likeness (QED) is 0.312. The molecule has 2 amide bonds. The first-order chi connectivity index (χ1) is 17.1. The lowest BCUT2D eigenvalue weighted by Crippen LogP contribution is -2.49. The third kappa shape index (κ3) is 5.40. The Labute approximate surface area is 230 Å². The first kappa shape index (κ1) is 26.9. The number of rotatable bonds is 8. The van der Waals surface area contributed by atoms with Gasteiger partial charge < -0.3 is 15.4 Å². The second kappa shape index (κ2) is 10.7. The predicted molar refractivity (Wildman–Crippen MR) is 139 cm³/mol. The van der Waals surface area contributed by atoms with Crippen molar-refractivity contribution in [3.8, 4) is 16.9 Å². The van der Waals surface area contributed by atoms with Gasteiger partial charge in [-0.15, -0.1) is 0 Å². The molecule has 1 aliphatic rings. The van der Waals surface area contributed by atoms with Gasteiger partial charge in [-0.25, -0.2) is 4.39 Å². The van der Waals surface area contributed by atoms with Gasteiger partial charge in [-0.05, 0) is 56.4 Å². The zero-order chi connectivity index (χ0) is 26.2. The van der Waals surface area contributed by atoms with Gasteiger partial charge >= 0.3 is 0 Å². The zero-order valence-corrected chi connectivity index (χ0v) is 22.8. The largest absolute Gasteiger partial charge is 0.492 e. The maximum atomic E-state index is 15.1. The summed E-state index contributed by atoms with van der Waals surface area (Å²) >= 11 is 25.0. The van der Waals surface area contributed by atoms with Crippen LogP contribution in [0.5, 0.6) is 5.75 Å². The summed E-state index contributed by atoms with van der Waals surface area (Å²) in [7, 11) is 0. The van der Waals surface area contributed by atoms with Gasteiger partial charge in [0.15, 0.2) is 5.15 Å². The molecule has 1 aliphatic carbocycles. The van der Waals surface area contributed by atoms with Crippen LogP contribution < -0.4 is 15.4 Å². The number of hydrogen-bond acceptors (Lipinski definition) is 6. The molecule has 190 valence electrons. The molecule has 0 saturated heterocycles.